The van der Waals surface area contributed by atoms with Gasteiger partial charge in [-0.15, -0.1) is 0 Å². The number of rotatable bonds is 14. The van der Waals surface area contributed by atoms with Gasteiger partial charge in [-0.2, -0.15) is 0 Å². The van der Waals surface area contributed by atoms with Crippen LogP contribution in [-0.4, -0.2) is 47.6 Å². The summed E-state index contributed by atoms with van der Waals surface area (Å²) in [5.41, 5.74) is 1.03. The van der Waals surface area contributed by atoms with Crippen LogP contribution in [0.15, 0.2) is 30.3 Å². The molecule has 1 aromatic rings. The van der Waals surface area contributed by atoms with Crippen LogP contribution in [-0.2, 0) is 20.8 Å². The second kappa shape index (κ2) is 15.8. The molecule has 1 fully saturated rings. The summed E-state index contributed by atoms with van der Waals surface area (Å²) in [7, 11) is 0. The lowest BCUT2D eigenvalue weighted by Crippen LogP contribution is -2.50. The van der Waals surface area contributed by atoms with E-state index in [4.69, 9.17) is 0 Å². The molecule has 0 saturated heterocycles. The van der Waals surface area contributed by atoms with Crippen molar-refractivity contribution in [3.8, 4) is 0 Å². The van der Waals surface area contributed by atoms with Gasteiger partial charge in [0.2, 0.25) is 17.7 Å². The lowest BCUT2D eigenvalue weighted by atomic mass is 9.74. The number of amides is 3. The number of aliphatic hydroxyl groups excluding tert-OH is 1. The van der Waals surface area contributed by atoms with Crippen LogP contribution in [0.3, 0.4) is 0 Å². The van der Waals surface area contributed by atoms with Crippen LogP contribution in [0.2, 0.25) is 0 Å². The highest BCUT2D eigenvalue weighted by atomic mass is 16.3. The number of hydrogen-bond donors (Lipinski definition) is 4. The van der Waals surface area contributed by atoms with Crippen LogP contribution in [0.4, 0.5) is 0 Å². The largest absolute Gasteiger partial charge is 0.391 e. The van der Waals surface area contributed by atoms with Gasteiger partial charge in [-0.1, -0.05) is 70.9 Å². The first kappa shape index (κ1) is 30.8. The molecule has 2 rings (SSSR count). The van der Waals surface area contributed by atoms with Crippen molar-refractivity contribution < 1.29 is 19.5 Å². The molecule has 0 aromatic heterocycles. The molecule has 208 valence electrons. The van der Waals surface area contributed by atoms with E-state index >= 15 is 0 Å². The van der Waals surface area contributed by atoms with Crippen LogP contribution >= 0.6 is 0 Å². The molecule has 7 heteroatoms. The molecule has 37 heavy (non-hydrogen) atoms. The summed E-state index contributed by atoms with van der Waals surface area (Å²) in [6.07, 6.45) is 5.31. The summed E-state index contributed by atoms with van der Waals surface area (Å²) in [5.74, 6) is -0.130. The number of unbranched alkanes of at least 4 members (excludes halogenated alkanes) is 1. The third-order valence-electron chi connectivity index (χ3n) is 7.64. The number of hydrogen-bond acceptors (Lipinski definition) is 4. The van der Waals surface area contributed by atoms with Gasteiger partial charge in [0.15, 0.2) is 0 Å². The predicted molar refractivity (Wildman–Crippen MR) is 148 cm³/mol. The van der Waals surface area contributed by atoms with Crippen LogP contribution in [0.1, 0.15) is 85.1 Å². The first-order valence-electron chi connectivity index (χ1n) is 14.2. The maximum atomic E-state index is 13.5. The fourth-order valence-electron chi connectivity index (χ4n) is 5.50. The van der Waals surface area contributed by atoms with Crippen molar-refractivity contribution >= 4 is 17.7 Å². The molecule has 3 amide bonds. The number of carbonyl (C=O) groups is 3. The Labute approximate surface area is 223 Å². The van der Waals surface area contributed by atoms with E-state index < -0.39 is 12.1 Å². The molecule has 0 aliphatic heterocycles. The SMILES string of the molecule is CCCCNC(=O)[C@H](C)C[C@H](O)C(Cc1ccccc1)NC(=O)[C@H]1CCC[C@@H](C(NC(C)=O)C(C)C)C1. The van der Waals surface area contributed by atoms with Crippen molar-refractivity contribution in [3.05, 3.63) is 35.9 Å². The Morgan fingerprint density at radius 3 is 2.38 bits per heavy atom. The van der Waals surface area contributed by atoms with E-state index in [2.05, 4.69) is 36.7 Å². The monoisotopic (exact) mass is 515 g/mol. The van der Waals surface area contributed by atoms with Crippen LogP contribution < -0.4 is 16.0 Å². The maximum absolute atomic E-state index is 13.5. The van der Waals surface area contributed by atoms with E-state index in [1.165, 1.54) is 0 Å². The highest BCUT2D eigenvalue weighted by Gasteiger charge is 2.35. The Morgan fingerprint density at radius 2 is 1.76 bits per heavy atom. The molecule has 4 N–H and O–H groups in total. The highest BCUT2D eigenvalue weighted by Crippen LogP contribution is 2.34. The van der Waals surface area contributed by atoms with Crippen LogP contribution in [0, 0.1) is 23.7 Å². The normalized spacial score (nSPS) is 20.9. The van der Waals surface area contributed by atoms with E-state index in [0.717, 1.165) is 44.1 Å². The van der Waals surface area contributed by atoms with Crippen molar-refractivity contribution in [1.29, 1.82) is 0 Å². The Morgan fingerprint density at radius 1 is 1.05 bits per heavy atom. The Kier molecular flexibility index (Phi) is 13.1. The molecule has 0 bridgehead atoms. The smallest absolute Gasteiger partial charge is 0.223 e. The van der Waals surface area contributed by atoms with Crippen molar-refractivity contribution in [1.82, 2.24) is 16.0 Å². The highest BCUT2D eigenvalue weighted by molar-refractivity contribution is 5.79. The average Bonchev–Trinajstić information content (AvgIpc) is 2.87. The van der Waals surface area contributed by atoms with Gasteiger partial charge in [0.25, 0.3) is 0 Å². The second-order valence-electron chi connectivity index (χ2n) is 11.2. The number of nitrogens with one attached hydrogen (secondary N) is 3. The van der Waals surface area contributed by atoms with Gasteiger partial charge in [-0.3, -0.25) is 14.4 Å². The van der Waals surface area contributed by atoms with E-state index in [-0.39, 0.29) is 53.9 Å². The van der Waals surface area contributed by atoms with Gasteiger partial charge in [0.1, 0.15) is 0 Å². The van der Waals surface area contributed by atoms with Gasteiger partial charge in [0, 0.05) is 31.3 Å². The second-order valence-corrected chi connectivity index (χ2v) is 11.2. The lowest BCUT2D eigenvalue weighted by Gasteiger charge is -2.37. The topological polar surface area (TPSA) is 108 Å². The average molecular weight is 516 g/mol. The molecule has 6 atom stereocenters. The van der Waals surface area contributed by atoms with E-state index in [0.29, 0.717) is 13.0 Å². The Hall–Kier alpha value is -2.41. The van der Waals surface area contributed by atoms with E-state index in [1.54, 1.807) is 6.92 Å². The van der Waals surface area contributed by atoms with Crippen molar-refractivity contribution in [2.24, 2.45) is 23.7 Å². The first-order valence-corrected chi connectivity index (χ1v) is 14.2. The third-order valence-corrected chi connectivity index (χ3v) is 7.64. The third kappa shape index (κ3) is 10.5. The van der Waals surface area contributed by atoms with Crippen molar-refractivity contribution in [2.75, 3.05) is 6.54 Å². The molecule has 7 nitrogen and oxygen atoms in total. The summed E-state index contributed by atoms with van der Waals surface area (Å²) >= 11 is 0. The minimum Gasteiger partial charge on any atom is -0.391 e. The summed E-state index contributed by atoms with van der Waals surface area (Å²) in [4.78, 5) is 37.7. The van der Waals surface area contributed by atoms with Crippen LogP contribution in [0.25, 0.3) is 0 Å². The Bertz CT molecular complexity index is 844. The zero-order valence-corrected chi connectivity index (χ0v) is 23.5. The predicted octanol–water partition coefficient (Wildman–Crippen LogP) is 3.98. The number of aliphatic hydroxyl groups is 1. The van der Waals surface area contributed by atoms with Gasteiger partial charge in [-0.05, 0) is 55.9 Å². The van der Waals surface area contributed by atoms with E-state index in [9.17, 15) is 19.5 Å². The number of benzene rings is 1. The maximum Gasteiger partial charge on any atom is 0.223 e. The molecule has 0 radical (unpaired) electrons. The summed E-state index contributed by atoms with van der Waals surface area (Å²) in [6.45, 7) is 10.3. The molecule has 1 aliphatic carbocycles. The molecule has 1 saturated carbocycles. The van der Waals surface area contributed by atoms with Gasteiger partial charge in [-0.25, -0.2) is 0 Å². The summed E-state index contributed by atoms with van der Waals surface area (Å²) < 4.78 is 0. The molecule has 1 aromatic carbocycles. The molecule has 1 aliphatic rings. The van der Waals surface area contributed by atoms with E-state index in [1.807, 2.05) is 37.3 Å². The quantitative estimate of drug-likeness (QED) is 0.281. The summed E-state index contributed by atoms with van der Waals surface area (Å²) in [6, 6.07) is 9.38. The minimum absolute atomic E-state index is 0.0378. The van der Waals surface area contributed by atoms with Crippen LogP contribution in [0.5, 0.6) is 0 Å². The van der Waals surface area contributed by atoms with Crippen molar-refractivity contribution in [3.63, 3.8) is 0 Å². The first-order chi connectivity index (χ1) is 17.6. The molecular weight excluding hydrogens is 466 g/mol. The number of carbonyl (C=O) groups excluding carboxylic acids is 3. The van der Waals surface area contributed by atoms with Gasteiger partial charge in [0.05, 0.1) is 12.1 Å². The fourth-order valence-corrected chi connectivity index (χ4v) is 5.50. The molecule has 0 heterocycles. The van der Waals surface area contributed by atoms with Gasteiger partial charge < -0.3 is 21.1 Å². The zero-order chi connectivity index (χ0) is 27.4. The fraction of sp³-hybridized carbons (Fsp3) is 0.700. The Balaban J connectivity index is 2.09. The molecule has 0 spiro atoms. The zero-order valence-electron chi connectivity index (χ0n) is 23.5. The standard InChI is InChI=1S/C30H49N3O4/c1-6-7-16-31-29(36)21(4)17-27(35)26(18-23-12-9-8-10-13-23)33-30(37)25-15-11-14-24(19-25)28(20(2)3)32-22(5)34/h8-10,12-13,20-21,24-28,35H,6-7,11,14-19H2,1-5H3,(H,31,36)(H,32,34)(H,33,37)/t21-,24-,25+,26?,27+,28?/m1/s1. The molecular formula is C30H49N3O4. The summed E-state index contributed by atoms with van der Waals surface area (Å²) in [5, 5.41) is 20.4. The van der Waals surface area contributed by atoms with Gasteiger partial charge >= 0.3 is 0 Å². The molecule has 2 unspecified atom stereocenters. The lowest BCUT2D eigenvalue weighted by molar-refractivity contribution is -0.128. The minimum atomic E-state index is -0.849. The van der Waals surface area contributed by atoms with Crippen molar-refractivity contribution in [2.45, 2.75) is 104 Å².